The summed E-state index contributed by atoms with van der Waals surface area (Å²) in [5.74, 6) is 1.57. The van der Waals surface area contributed by atoms with Gasteiger partial charge in [-0.05, 0) is 98.5 Å². The van der Waals surface area contributed by atoms with Crippen LogP contribution in [0.15, 0.2) is 46.0 Å². The lowest BCUT2D eigenvalue weighted by Gasteiger charge is -2.72. The summed E-state index contributed by atoms with van der Waals surface area (Å²) < 4.78 is 15.4. The highest BCUT2D eigenvalue weighted by molar-refractivity contribution is 5.80. The third-order valence-corrected chi connectivity index (χ3v) is 13.8. The largest absolute Gasteiger partial charge is 0.393 e. The van der Waals surface area contributed by atoms with Crippen molar-refractivity contribution in [2.24, 2.45) is 40.4 Å². The van der Waals surface area contributed by atoms with Gasteiger partial charge in [-0.3, -0.25) is 9.59 Å². The summed E-state index contributed by atoms with van der Waals surface area (Å²) in [6, 6.07) is 7.40. The molecular formula is C37H52N2O5. The van der Waals surface area contributed by atoms with Gasteiger partial charge in [0, 0.05) is 18.9 Å². The zero-order chi connectivity index (χ0) is 31.2. The van der Waals surface area contributed by atoms with Crippen molar-refractivity contribution in [3.63, 3.8) is 0 Å². The first-order valence-electron chi connectivity index (χ1n) is 17.2. The molecule has 0 amide bonds. The standard InChI is InChI=1S/C37H52N2O5/c1-23(2)11-13-29(40)24(3)28-12-14-30-34(28,4)17-16-31-35(5)18-15-25(44-22-43-6)21-36(35)19-20-37(30,31)39-33(42)27-10-8-7-9-26(27)32(41)38(36)39/h7-10,19-20,23-25,28-31,40H,11-18,21-22H2,1-6H3/t24-,25-,28+,29-,30+,31+,34+,35+,36+,37-/m0/s1. The van der Waals surface area contributed by atoms with E-state index in [1.807, 2.05) is 33.6 Å². The first-order chi connectivity index (χ1) is 21.0. The Kier molecular flexibility index (Phi) is 7.19. The average molecular weight is 605 g/mol. The number of benzene rings is 1. The predicted octanol–water partition coefficient (Wildman–Crippen LogP) is 6.19. The SMILES string of the molecule is COCO[C@H]1CC[C@]2(C)[C@H]3CC[C@]4(C)[C@@H]([C@H](C)[C@@H](O)CCC(C)C)CC[C@H]4[C@@]34C=C[C@]2(C1)n1c(=O)c2ccccc2c(=O)n14. The van der Waals surface area contributed by atoms with Crippen LogP contribution in [0.2, 0.25) is 0 Å². The first-order valence-corrected chi connectivity index (χ1v) is 17.2. The molecule has 2 bridgehead atoms. The van der Waals surface area contributed by atoms with Crippen LogP contribution in [0.3, 0.4) is 0 Å². The average Bonchev–Trinajstić information content (AvgIpc) is 3.37. The van der Waals surface area contributed by atoms with Crippen LogP contribution in [0.25, 0.3) is 10.8 Å². The molecule has 2 aliphatic heterocycles. The van der Waals surface area contributed by atoms with Crippen LogP contribution >= 0.6 is 0 Å². The highest BCUT2D eigenvalue weighted by atomic mass is 16.7. The smallest absolute Gasteiger partial charge is 0.274 e. The molecule has 0 unspecified atom stereocenters. The molecule has 7 heteroatoms. The molecule has 3 fully saturated rings. The number of methoxy groups -OCH3 is 1. The minimum Gasteiger partial charge on any atom is -0.393 e. The molecule has 2 aromatic rings. The van der Waals surface area contributed by atoms with E-state index in [0.29, 0.717) is 29.0 Å². The molecule has 3 heterocycles. The molecule has 1 aromatic carbocycles. The van der Waals surface area contributed by atoms with Gasteiger partial charge in [-0.25, -0.2) is 9.36 Å². The summed E-state index contributed by atoms with van der Waals surface area (Å²) in [5, 5.41) is 12.4. The number of nitrogens with zero attached hydrogens (tertiary/aromatic N) is 2. The van der Waals surface area contributed by atoms with Crippen molar-refractivity contribution >= 4 is 10.8 Å². The van der Waals surface area contributed by atoms with Crippen LogP contribution in [0, 0.1) is 40.4 Å². The molecule has 0 saturated heterocycles. The van der Waals surface area contributed by atoms with Crippen molar-refractivity contribution in [3.8, 4) is 0 Å². The molecule has 240 valence electrons. The molecule has 8 rings (SSSR count). The van der Waals surface area contributed by atoms with Crippen LogP contribution in [0.4, 0.5) is 0 Å². The number of hydrogen-bond donors (Lipinski definition) is 1. The predicted molar refractivity (Wildman–Crippen MR) is 173 cm³/mol. The summed E-state index contributed by atoms with van der Waals surface area (Å²) in [6.07, 6.45) is 12.8. The Labute approximate surface area is 261 Å². The molecule has 6 aliphatic rings. The van der Waals surface area contributed by atoms with Crippen LogP contribution in [0.5, 0.6) is 0 Å². The number of rotatable bonds is 8. The third kappa shape index (κ3) is 3.78. The van der Waals surface area contributed by atoms with Gasteiger partial charge in [0.25, 0.3) is 11.1 Å². The summed E-state index contributed by atoms with van der Waals surface area (Å²) in [7, 11) is 1.64. The van der Waals surface area contributed by atoms with E-state index in [1.54, 1.807) is 7.11 Å². The molecule has 2 spiro atoms. The number of aliphatic hydroxyl groups excluding tert-OH is 1. The zero-order valence-electron chi connectivity index (χ0n) is 27.6. The Bertz CT molecular complexity index is 1590. The number of aliphatic hydroxyl groups is 1. The van der Waals surface area contributed by atoms with Crippen LogP contribution in [-0.2, 0) is 20.6 Å². The Morgan fingerprint density at radius 1 is 0.909 bits per heavy atom. The van der Waals surface area contributed by atoms with Crippen molar-refractivity contribution in [1.29, 1.82) is 0 Å². The number of aromatic nitrogens is 2. The second kappa shape index (κ2) is 10.4. The maximum absolute atomic E-state index is 14.8. The van der Waals surface area contributed by atoms with Gasteiger partial charge in [0.1, 0.15) is 6.79 Å². The van der Waals surface area contributed by atoms with E-state index in [2.05, 4.69) is 46.8 Å². The molecular weight excluding hydrogens is 552 g/mol. The second-order valence-electron chi connectivity index (χ2n) is 16.0. The van der Waals surface area contributed by atoms with Gasteiger partial charge in [-0.2, -0.15) is 0 Å². The topological polar surface area (TPSA) is 82.7 Å². The van der Waals surface area contributed by atoms with E-state index < -0.39 is 11.1 Å². The highest BCUT2D eigenvalue weighted by Crippen LogP contribution is 2.74. The summed E-state index contributed by atoms with van der Waals surface area (Å²) >= 11 is 0. The lowest BCUT2D eigenvalue weighted by molar-refractivity contribution is -0.212. The van der Waals surface area contributed by atoms with Gasteiger partial charge < -0.3 is 14.6 Å². The van der Waals surface area contributed by atoms with Crippen LogP contribution in [-0.4, -0.2) is 40.6 Å². The molecule has 10 atom stereocenters. The minimum atomic E-state index is -0.650. The van der Waals surface area contributed by atoms with Crippen molar-refractivity contribution in [2.45, 2.75) is 116 Å². The van der Waals surface area contributed by atoms with Gasteiger partial charge in [-0.1, -0.05) is 58.9 Å². The molecule has 44 heavy (non-hydrogen) atoms. The Morgan fingerprint density at radius 3 is 2.30 bits per heavy atom. The van der Waals surface area contributed by atoms with E-state index in [9.17, 15) is 14.7 Å². The molecule has 1 aromatic heterocycles. The van der Waals surface area contributed by atoms with Gasteiger partial charge >= 0.3 is 0 Å². The van der Waals surface area contributed by atoms with Gasteiger partial charge in [-0.15, -0.1) is 0 Å². The van der Waals surface area contributed by atoms with E-state index in [1.165, 1.54) is 0 Å². The third-order valence-electron chi connectivity index (χ3n) is 13.8. The van der Waals surface area contributed by atoms with Gasteiger partial charge in [0.05, 0.1) is 34.1 Å². The fraction of sp³-hybridized carbons (Fsp3) is 0.730. The molecule has 1 N–H and O–H groups in total. The maximum Gasteiger partial charge on any atom is 0.274 e. The lowest BCUT2D eigenvalue weighted by atomic mass is 9.40. The highest BCUT2D eigenvalue weighted by Gasteiger charge is 2.74. The summed E-state index contributed by atoms with van der Waals surface area (Å²) in [5.41, 5.74) is -1.59. The fourth-order valence-corrected chi connectivity index (χ4v) is 11.7. The number of fused-ring (bicyclic) bond motifs is 2. The summed E-state index contributed by atoms with van der Waals surface area (Å²) in [6.45, 7) is 11.8. The molecule has 0 radical (unpaired) electrons. The van der Waals surface area contributed by atoms with E-state index in [-0.39, 0.29) is 58.7 Å². The summed E-state index contributed by atoms with van der Waals surface area (Å²) in [4.78, 5) is 29.6. The molecule has 4 aliphatic carbocycles. The normalized spacial score (nSPS) is 40.0. The quantitative estimate of drug-likeness (QED) is 0.287. The number of ether oxygens (including phenoxy) is 2. The van der Waals surface area contributed by atoms with Gasteiger partial charge in [0.15, 0.2) is 0 Å². The van der Waals surface area contributed by atoms with Crippen molar-refractivity contribution in [3.05, 3.63) is 57.1 Å². The Morgan fingerprint density at radius 2 is 1.61 bits per heavy atom. The zero-order valence-corrected chi connectivity index (χ0v) is 27.6. The van der Waals surface area contributed by atoms with Crippen LogP contribution < -0.4 is 11.1 Å². The number of allylic oxidation sites excluding steroid dienone is 2. The fourth-order valence-electron chi connectivity index (χ4n) is 11.7. The van der Waals surface area contributed by atoms with Crippen molar-refractivity contribution in [1.82, 2.24) is 9.36 Å². The van der Waals surface area contributed by atoms with Gasteiger partial charge in [0.2, 0.25) is 0 Å². The van der Waals surface area contributed by atoms with Crippen molar-refractivity contribution < 1.29 is 14.6 Å². The van der Waals surface area contributed by atoms with E-state index in [4.69, 9.17) is 9.47 Å². The van der Waals surface area contributed by atoms with Crippen molar-refractivity contribution in [2.75, 3.05) is 13.9 Å². The first kappa shape index (κ1) is 30.4. The second-order valence-corrected chi connectivity index (χ2v) is 16.0. The Balaban J connectivity index is 1.42. The maximum atomic E-state index is 14.8. The Hall–Kier alpha value is -2.22. The van der Waals surface area contributed by atoms with E-state index in [0.717, 1.165) is 51.4 Å². The lowest BCUT2D eigenvalue weighted by Crippen LogP contribution is -2.78. The minimum absolute atomic E-state index is 0.0441. The monoisotopic (exact) mass is 604 g/mol. The molecule has 3 saturated carbocycles. The van der Waals surface area contributed by atoms with Crippen LogP contribution in [0.1, 0.15) is 92.4 Å². The molecule has 7 nitrogen and oxygen atoms in total. The number of hydrogen-bond acceptors (Lipinski definition) is 5. The van der Waals surface area contributed by atoms with E-state index >= 15 is 0 Å².